The molecule has 1 aromatic rings. The lowest BCUT2D eigenvalue weighted by Gasteiger charge is -2.27. The molecule has 1 atom stereocenters. The maximum absolute atomic E-state index is 13.6. The number of rotatable bonds is 11. The van der Waals surface area contributed by atoms with Crippen molar-refractivity contribution in [1.29, 1.82) is 0 Å². The van der Waals surface area contributed by atoms with Crippen LogP contribution in [0.4, 0.5) is 10.1 Å². The molecule has 1 aliphatic rings. The number of hydrogen-bond acceptors (Lipinski definition) is 6. The van der Waals surface area contributed by atoms with Gasteiger partial charge in [-0.3, -0.25) is 15.1 Å². The van der Waals surface area contributed by atoms with Crippen LogP contribution in [0.15, 0.2) is 59.7 Å². The number of hydrogen-bond donors (Lipinski definition) is 5. The number of benzene rings is 1. The van der Waals surface area contributed by atoms with Crippen molar-refractivity contribution in [2.45, 2.75) is 51.8 Å². The van der Waals surface area contributed by atoms with Gasteiger partial charge in [-0.05, 0) is 69.4 Å². The Hall–Kier alpha value is -2.68. The Morgan fingerprint density at radius 1 is 1.37 bits per heavy atom. The van der Waals surface area contributed by atoms with E-state index in [4.69, 9.17) is 11.6 Å². The van der Waals surface area contributed by atoms with E-state index in [9.17, 15) is 14.3 Å². The molecular formula is C22H32FN5O2. The zero-order valence-corrected chi connectivity index (χ0v) is 17.6. The number of hydrazine groups is 1. The summed E-state index contributed by atoms with van der Waals surface area (Å²) in [6, 6.07) is 6.95. The second-order valence-corrected chi connectivity index (χ2v) is 7.24. The summed E-state index contributed by atoms with van der Waals surface area (Å²) in [5, 5.41) is 17.6. The van der Waals surface area contributed by atoms with E-state index in [0.717, 1.165) is 12.8 Å². The number of amides is 1. The van der Waals surface area contributed by atoms with Crippen LogP contribution < -0.4 is 27.2 Å². The van der Waals surface area contributed by atoms with Gasteiger partial charge in [-0.25, -0.2) is 10.2 Å². The molecule has 7 nitrogen and oxygen atoms in total. The van der Waals surface area contributed by atoms with Crippen LogP contribution in [-0.2, 0) is 0 Å². The normalized spacial score (nSPS) is 16.0. The molecule has 1 fully saturated rings. The molecule has 1 saturated carbocycles. The van der Waals surface area contributed by atoms with E-state index in [1.807, 2.05) is 6.92 Å². The van der Waals surface area contributed by atoms with Crippen LogP contribution >= 0.6 is 0 Å². The lowest BCUT2D eigenvalue weighted by molar-refractivity contribution is 0.0956. The van der Waals surface area contributed by atoms with Gasteiger partial charge in [0.25, 0.3) is 5.91 Å². The maximum atomic E-state index is 13.6. The lowest BCUT2D eigenvalue weighted by atomic mass is 10.0. The van der Waals surface area contributed by atoms with Gasteiger partial charge < -0.3 is 16.2 Å². The summed E-state index contributed by atoms with van der Waals surface area (Å²) in [7, 11) is 0. The molecule has 0 radical (unpaired) electrons. The number of carbonyl (C=O) groups excluding carboxylic acids is 1. The second-order valence-electron chi connectivity index (χ2n) is 7.24. The van der Waals surface area contributed by atoms with Crippen LogP contribution in [-0.4, -0.2) is 29.8 Å². The standard InChI is InChI=1S/C22H32FN5O2/c1-4-15(14(3)23)8-13-19(20(24)22(30)27-17-9-10-17)28(25)18-11-6-16(7-12-18)21(29)26-5-2/h4,6-7,11-12,17,22,27,30H,3,5,8-10,13,24-25H2,1-2H3,(H,26,29)/b15-4-,20-19-. The van der Waals surface area contributed by atoms with Crippen molar-refractivity contribution < 1.29 is 14.3 Å². The molecule has 0 bridgehead atoms. The fourth-order valence-electron chi connectivity index (χ4n) is 3.01. The molecule has 0 aromatic heterocycles. The third kappa shape index (κ3) is 6.41. The van der Waals surface area contributed by atoms with Crippen molar-refractivity contribution in [3.63, 3.8) is 0 Å². The second kappa shape index (κ2) is 10.9. The van der Waals surface area contributed by atoms with E-state index >= 15 is 0 Å². The molecule has 164 valence electrons. The van der Waals surface area contributed by atoms with Crippen molar-refractivity contribution in [1.82, 2.24) is 10.6 Å². The SMILES string of the molecule is C=C(F)/C(=C\C)CC/C(=C(/N)C(O)NC1CC1)N(N)c1ccc(C(=O)NCC)cc1. The van der Waals surface area contributed by atoms with Crippen molar-refractivity contribution in [3.8, 4) is 0 Å². The van der Waals surface area contributed by atoms with Crippen LogP contribution in [0.1, 0.15) is 49.9 Å². The van der Waals surface area contributed by atoms with Crippen LogP contribution in [0.2, 0.25) is 0 Å². The van der Waals surface area contributed by atoms with Crippen molar-refractivity contribution in [3.05, 3.63) is 65.3 Å². The first-order chi connectivity index (χ1) is 14.3. The number of carbonyl (C=O) groups is 1. The summed E-state index contributed by atoms with van der Waals surface area (Å²) in [5.41, 5.74) is 8.42. The minimum absolute atomic E-state index is 0.175. The molecule has 0 aliphatic heterocycles. The molecule has 0 spiro atoms. The van der Waals surface area contributed by atoms with Gasteiger partial charge in [0.1, 0.15) is 12.1 Å². The van der Waals surface area contributed by atoms with E-state index in [1.54, 1.807) is 37.3 Å². The highest BCUT2D eigenvalue weighted by atomic mass is 19.1. The average Bonchev–Trinajstić information content (AvgIpc) is 3.54. The van der Waals surface area contributed by atoms with Gasteiger partial charge in [-0.15, -0.1) is 0 Å². The molecule has 1 amide bonds. The quantitative estimate of drug-likeness (QED) is 0.164. The Kier molecular flexibility index (Phi) is 8.58. The smallest absolute Gasteiger partial charge is 0.251 e. The van der Waals surface area contributed by atoms with Crippen LogP contribution in [0, 0.1) is 0 Å². The fourth-order valence-corrected chi connectivity index (χ4v) is 3.01. The van der Waals surface area contributed by atoms with Gasteiger partial charge in [0.05, 0.1) is 17.1 Å². The van der Waals surface area contributed by atoms with Gasteiger partial charge in [0, 0.05) is 18.2 Å². The molecule has 1 aromatic carbocycles. The number of aliphatic hydroxyl groups excluding tert-OH is 1. The lowest BCUT2D eigenvalue weighted by Crippen LogP contribution is -2.41. The van der Waals surface area contributed by atoms with Crippen molar-refractivity contribution in [2.24, 2.45) is 11.6 Å². The summed E-state index contributed by atoms with van der Waals surface area (Å²) in [6.45, 7) is 7.46. The van der Waals surface area contributed by atoms with Gasteiger partial charge >= 0.3 is 0 Å². The number of anilines is 1. The number of nitrogens with zero attached hydrogens (tertiary/aromatic N) is 1. The number of allylic oxidation sites excluding steroid dienone is 4. The molecule has 7 N–H and O–H groups in total. The summed E-state index contributed by atoms with van der Waals surface area (Å²) in [6.07, 6.45) is 3.18. The maximum Gasteiger partial charge on any atom is 0.251 e. The first kappa shape index (κ1) is 23.6. The predicted octanol–water partition coefficient (Wildman–Crippen LogP) is 2.57. The molecular weight excluding hydrogens is 385 g/mol. The third-order valence-electron chi connectivity index (χ3n) is 4.96. The van der Waals surface area contributed by atoms with Crippen molar-refractivity contribution >= 4 is 11.6 Å². The average molecular weight is 418 g/mol. The summed E-state index contributed by atoms with van der Waals surface area (Å²) in [4.78, 5) is 12.0. The van der Waals surface area contributed by atoms with Gasteiger partial charge in [0.15, 0.2) is 0 Å². The Bertz CT molecular complexity index is 815. The minimum Gasteiger partial charge on any atom is -0.397 e. The summed E-state index contributed by atoms with van der Waals surface area (Å²) in [5.74, 6) is 5.65. The summed E-state index contributed by atoms with van der Waals surface area (Å²) >= 11 is 0. The van der Waals surface area contributed by atoms with Crippen LogP contribution in [0.25, 0.3) is 0 Å². The zero-order chi connectivity index (χ0) is 22.3. The molecule has 2 rings (SSSR count). The number of nitrogens with one attached hydrogen (secondary N) is 2. The van der Waals surface area contributed by atoms with E-state index in [1.165, 1.54) is 5.01 Å². The molecule has 30 heavy (non-hydrogen) atoms. The molecule has 1 unspecified atom stereocenters. The molecule has 8 heteroatoms. The minimum atomic E-state index is -1.06. The zero-order valence-electron chi connectivity index (χ0n) is 17.6. The Balaban J connectivity index is 2.27. The largest absolute Gasteiger partial charge is 0.397 e. The third-order valence-corrected chi connectivity index (χ3v) is 4.96. The highest BCUT2D eigenvalue weighted by Gasteiger charge is 2.26. The van der Waals surface area contributed by atoms with Gasteiger partial charge in [-0.2, -0.15) is 0 Å². The van der Waals surface area contributed by atoms with Gasteiger partial charge in [0.2, 0.25) is 0 Å². The number of aliphatic hydroxyl groups is 1. The van der Waals surface area contributed by atoms with Crippen molar-refractivity contribution in [2.75, 3.05) is 11.6 Å². The van der Waals surface area contributed by atoms with E-state index in [0.29, 0.717) is 41.9 Å². The van der Waals surface area contributed by atoms with E-state index in [-0.39, 0.29) is 17.6 Å². The first-order valence-corrected chi connectivity index (χ1v) is 10.1. The predicted molar refractivity (Wildman–Crippen MR) is 118 cm³/mol. The first-order valence-electron chi connectivity index (χ1n) is 10.1. The van der Waals surface area contributed by atoms with E-state index in [2.05, 4.69) is 17.2 Å². The Labute approximate surface area is 177 Å². The highest BCUT2D eigenvalue weighted by Crippen LogP contribution is 2.26. The molecule has 0 heterocycles. The van der Waals surface area contributed by atoms with E-state index < -0.39 is 12.1 Å². The Morgan fingerprint density at radius 3 is 2.50 bits per heavy atom. The molecule has 0 saturated heterocycles. The fraction of sp³-hybridized carbons (Fsp3) is 0.409. The number of halogens is 1. The van der Waals surface area contributed by atoms with Gasteiger partial charge in [-0.1, -0.05) is 12.7 Å². The Morgan fingerprint density at radius 2 is 2.00 bits per heavy atom. The monoisotopic (exact) mass is 417 g/mol. The van der Waals surface area contributed by atoms with Crippen LogP contribution in [0.3, 0.4) is 0 Å². The topological polar surface area (TPSA) is 117 Å². The molecule has 1 aliphatic carbocycles. The number of nitrogens with two attached hydrogens (primary N) is 2. The summed E-state index contributed by atoms with van der Waals surface area (Å²) < 4.78 is 13.6. The highest BCUT2D eigenvalue weighted by molar-refractivity contribution is 5.94. The van der Waals surface area contributed by atoms with Crippen LogP contribution in [0.5, 0.6) is 0 Å².